The Bertz CT molecular complexity index is 310. The second-order valence-electron chi connectivity index (χ2n) is 3.26. The standard InChI is InChI=1S/C11H15BrClNS.ClH/c1-9-10(8-13)14-6-4-11(9)15-7-3-2-5-12;/h4,6H,2-3,5,7-8H2,1H3;1H. The minimum atomic E-state index is 0. The maximum absolute atomic E-state index is 5.81. The molecule has 0 saturated heterocycles. The molecule has 0 saturated carbocycles. The molecule has 16 heavy (non-hydrogen) atoms. The highest BCUT2D eigenvalue weighted by Gasteiger charge is 2.04. The van der Waals surface area contributed by atoms with Gasteiger partial charge in [-0.05, 0) is 37.1 Å². The van der Waals surface area contributed by atoms with Crippen molar-refractivity contribution in [3.8, 4) is 0 Å². The number of nitrogens with zero attached hydrogens (tertiary/aromatic N) is 1. The molecule has 0 spiro atoms. The zero-order valence-electron chi connectivity index (χ0n) is 9.21. The van der Waals surface area contributed by atoms with Crippen molar-refractivity contribution >= 4 is 51.7 Å². The van der Waals surface area contributed by atoms with Crippen LogP contribution < -0.4 is 0 Å². The monoisotopic (exact) mass is 343 g/mol. The van der Waals surface area contributed by atoms with Crippen LogP contribution in [0.2, 0.25) is 0 Å². The van der Waals surface area contributed by atoms with Crippen LogP contribution in [0.1, 0.15) is 24.1 Å². The van der Waals surface area contributed by atoms with Crippen molar-refractivity contribution in [2.24, 2.45) is 0 Å². The molecule has 0 aromatic carbocycles. The van der Waals surface area contributed by atoms with Gasteiger partial charge in [0.05, 0.1) is 11.6 Å². The number of thioether (sulfide) groups is 1. The summed E-state index contributed by atoms with van der Waals surface area (Å²) >= 11 is 11.1. The van der Waals surface area contributed by atoms with Gasteiger partial charge < -0.3 is 0 Å². The summed E-state index contributed by atoms with van der Waals surface area (Å²) in [4.78, 5) is 5.56. The van der Waals surface area contributed by atoms with E-state index in [2.05, 4.69) is 33.9 Å². The van der Waals surface area contributed by atoms with E-state index in [1.807, 2.05) is 18.0 Å². The van der Waals surface area contributed by atoms with E-state index in [4.69, 9.17) is 11.6 Å². The lowest BCUT2D eigenvalue weighted by atomic mass is 10.2. The fourth-order valence-electron chi connectivity index (χ4n) is 1.23. The Morgan fingerprint density at radius 3 is 2.81 bits per heavy atom. The van der Waals surface area contributed by atoms with Crippen molar-refractivity contribution in [1.29, 1.82) is 0 Å². The topological polar surface area (TPSA) is 12.9 Å². The summed E-state index contributed by atoms with van der Waals surface area (Å²) in [6, 6.07) is 2.07. The molecule has 0 N–H and O–H groups in total. The number of aromatic nitrogens is 1. The van der Waals surface area contributed by atoms with Gasteiger partial charge in [-0.1, -0.05) is 15.9 Å². The van der Waals surface area contributed by atoms with Gasteiger partial charge in [-0.15, -0.1) is 35.8 Å². The molecule has 92 valence electrons. The van der Waals surface area contributed by atoms with Gasteiger partial charge in [-0.25, -0.2) is 0 Å². The smallest absolute Gasteiger partial charge is 0.0650 e. The Labute approximate surface area is 121 Å². The van der Waals surface area contributed by atoms with E-state index >= 15 is 0 Å². The normalized spacial score (nSPS) is 9.94. The number of hydrogen-bond acceptors (Lipinski definition) is 2. The number of halogens is 3. The van der Waals surface area contributed by atoms with Crippen LogP contribution in [-0.4, -0.2) is 16.1 Å². The Morgan fingerprint density at radius 1 is 1.44 bits per heavy atom. The zero-order chi connectivity index (χ0) is 11.1. The molecule has 0 atom stereocenters. The van der Waals surface area contributed by atoms with Crippen molar-refractivity contribution in [3.05, 3.63) is 23.5 Å². The van der Waals surface area contributed by atoms with Crippen LogP contribution in [0.4, 0.5) is 0 Å². The summed E-state index contributed by atoms with van der Waals surface area (Å²) in [6.07, 6.45) is 4.32. The Balaban J connectivity index is 0.00000225. The van der Waals surface area contributed by atoms with E-state index in [1.54, 1.807) is 0 Å². The number of rotatable bonds is 6. The van der Waals surface area contributed by atoms with Gasteiger partial charge in [0.2, 0.25) is 0 Å². The van der Waals surface area contributed by atoms with E-state index < -0.39 is 0 Å². The van der Waals surface area contributed by atoms with E-state index in [1.165, 1.54) is 23.3 Å². The summed E-state index contributed by atoms with van der Waals surface area (Å²) in [7, 11) is 0. The number of alkyl halides is 2. The molecule has 0 unspecified atom stereocenters. The van der Waals surface area contributed by atoms with Gasteiger partial charge in [0.1, 0.15) is 0 Å². The molecule has 5 heteroatoms. The van der Waals surface area contributed by atoms with Crippen LogP contribution in [0.3, 0.4) is 0 Å². The summed E-state index contributed by atoms with van der Waals surface area (Å²) in [5.74, 6) is 1.67. The maximum atomic E-state index is 5.81. The maximum Gasteiger partial charge on any atom is 0.0650 e. The van der Waals surface area contributed by atoms with Crippen LogP contribution in [0.5, 0.6) is 0 Å². The number of unbranched alkanes of at least 4 members (excludes halogenated alkanes) is 1. The average molecular weight is 345 g/mol. The van der Waals surface area contributed by atoms with Crippen molar-refractivity contribution in [3.63, 3.8) is 0 Å². The molecule has 0 bridgehead atoms. The molecule has 0 aliphatic heterocycles. The van der Waals surface area contributed by atoms with Gasteiger partial charge in [-0.3, -0.25) is 4.98 Å². The van der Waals surface area contributed by atoms with Crippen molar-refractivity contribution in [2.45, 2.75) is 30.5 Å². The lowest BCUT2D eigenvalue weighted by molar-refractivity contribution is 0.912. The molecule has 1 aromatic rings. The predicted molar refractivity (Wildman–Crippen MR) is 79.5 cm³/mol. The van der Waals surface area contributed by atoms with Crippen LogP contribution in [0.15, 0.2) is 17.2 Å². The third-order valence-corrected chi connectivity index (χ3v) is 4.23. The third kappa shape index (κ3) is 5.26. The first-order valence-electron chi connectivity index (χ1n) is 4.98. The van der Waals surface area contributed by atoms with E-state index in [-0.39, 0.29) is 12.4 Å². The second kappa shape index (κ2) is 9.58. The Kier molecular flexibility index (Phi) is 9.91. The molecular weight excluding hydrogens is 329 g/mol. The van der Waals surface area contributed by atoms with Crippen LogP contribution in [0.25, 0.3) is 0 Å². The fraction of sp³-hybridized carbons (Fsp3) is 0.545. The first-order chi connectivity index (χ1) is 7.29. The molecule has 1 nitrogen and oxygen atoms in total. The quantitative estimate of drug-likeness (QED) is 0.417. The van der Waals surface area contributed by atoms with Gasteiger partial charge >= 0.3 is 0 Å². The highest BCUT2D eigenvalue weighted by atomic mass is 79.9. The first-order valence-corrected chi connectivity index (χ1v) is 7.63. The lowest BCUT2D eigenvalue weighted by Crippen LogP contribution is -1.93. The summed E-state index contributed by atoms with van der Waals surface area (Å²) in [5.41, 5.74) is 2.23. The van der Waals surface area contributed by atoms with Crippen molar-refractivity contribution in [2.75, 3.05) is 11.1 Å². The summed E-state index contributed by atoms with van der Waals surface area (Å²) in [6.45, 7) is 2.09. The molecule has 0 fully saturated rings. The molecular formula is C11H16BrCl2NS. The van der Waals surface area contributed by atoms with Gasteiger partial charge in [0, 0.05) is 16.4 Å². The molecule has 1 aromatic heterocycles. The molecule has 1 heterocycles. The average Bonchev–Trinajstić information content (AvgIpc) is 2.26. The molecule has 0 radical (unpaired) electrons. The van der Waals surface area contributed by atoms with Crippen LogP contribution >= 0.6 is 51.7 Å². The lowest BCUT2D eigenvalue weighted by Gasteiger charge is -2.07. The largest absolute Gasteiger partial charge is 0.260 e. The van der Waals surface area contributed by atoms with Gasteiger partial charge in [-0.2, -0.15) is 0 Å². The van der Waals surface area contributed by atoms with Gasteiger partial charge in [0.15, 0.2) is 0 Å². The van der Waals surface area contributed by atoms with Gasteiger partial charge in [0.25, 0.3) is 0 Å². The van der Waals surface area contributed by atoms with Crippen molar-refractivity contribution in [1.82, 2.24) is 4.98 Å². The number of pyridine rings is 1. The Hall–Kier alpha value is 0.560. The molecule has 0 aliphatic rings. The third-order valence-electron chi connectivity index (χ3n) is 2.17. The molecule has 0 aliphatic carbocycles. The highest BCUT2D eigenvalue weighted by Crippen LogP contribution is 2.25. The van der Waals surface area contributed by atoms with Crippen molar-refractivity contribution < 1.29 is 0 Å². The minimum absolute atomic E-state index is 0. The summed E-state index contributed by atoms with van der Waals surface area (Å²) < 4.78 is 0. The SMILES string of the molecule is Cc1c(SCCCCBr)ccnc1CCl.Cl. The minimum Gasteiger partial charge on any atom is -0.260 e. The highest BCUT2D eigenvalue weighted by molar-refractivity contribution is 9.09. The second-order valence-corrected chi connectivity index (χ2v) is 5.46. The predicted octanol–water partition coefficient (Wildman–Crippen LogP) is 4.82. The summed E-state index contributed by atoms with van der Waals surface area (Å²) in [5, 5.41) is 1.09. The van der Waals surface area contributed by atoms with Crippen LogP contribution in [-0.2, 0) is 5.88 Å². The van der Waals surface area contributed by atoms with Crippen LogP contribution in [0, 0.1) is 6.92 Å². The first kappa shape index (κ1) is 16.6. The Morgan fingerprint density at radius 2 is 2.19 bits per heavy atom. The zero-order valence-corrected chi connectivity index (χ0v) is 13.2. The van der Waals surface area contributed by atoms with E-state index in [9.17, 15) is 0 Å². The molecule has 1 rings (SSSR count). The number of hydrogen-bond donors (Lipinski definition) is 0. The molecule has 0 amide bonds. The van der Waals surface area contributed by atoms with E-state index in [0.717, 1.165) is 16.8 Å². The van der Waals surface area contributed by atoms with E-state index in [0.29, 0.717) is 5.88 Å². The fourth-order valence-corrected chi connectivity index (χ4v) is 2.95.